The van der Waals surface area contributed by atoms with Crippen LogP contribution >= 0.6 is 12.6 Å². The molecule has 1 aliphatic heterocycles. The number of nitrogens with zero attached hydrogens (tertiary/aromatic N) is 3. The number of fused-ring (bicyclic) bond motifs is 1. The average molecular weight is 483 g/mol. The number of aromatic nitrogens is 1. The third-order valence-corrected chi connectivity index (χ3v) is 6.41. The van der Waals surface area contributed by atoms with Gasteiger partial charge in [-0.05, 0) is 43.3 Å². The van der Waals surface area contributed by atoms with E-state index >= 15 is 0 Å². The minimum absolute atomic E-state index is 0.153. The highest BCUT2D eigenvalue weighted by atomic mass is 32.1. The van der Waals surface area contributed by atoms with E-state index < -0.39 is 6.10 Å². The number of carbonyl (C=O) groups excluding carboxylic acids is 1. The Balaban J connectivity index is 1.39. The van der Waals surface area contributed by atoms with Crippen molar-refractivity contribution >= 4 is 52.6 Å². The normalized spacial score (nSPS) is 15.6. The molecule has 7 heteroatoms. The molecule has 0 saturated carbocycles. The number of rotatable bonds is 7. The largest absolute Gasteiger partial charge is 0.389 e. The Morgan fingerprint density at radius 3 is 2.54 bits per heavy atom. The standard InChI is InChI=1S/C28H26N4O2S/c1-19-24(28(34)32(30-19)21-9-3-2-4-10-21)15-20-17-31(26-13-7-5-11-23(20)26)18-22(33)16-29-25-12-6-8-14-27(25)35/h2-15,17,22,29,33,35H,16,18H2,1H3. The second-order valence-electron chi connectivity index (χ2n) is 8.50. The monoisotopic (exact) mass is 482 g/mol. The lowest BCUT2D eigenvalue weighted by atomic mass is 10.1. The van der Waals surface area contributed by atoms with E-state index in [0.29, 0.717) is 24.4 Å². The van der Waals surface area contributed by atoms with Gasteiger partial charge in [-0.2, -0.15) is 10.1 Å². The van der Waals surface area contributed by atoms with E-state index in [9.17, 15) is 9.90 Å². The molecule has 6 nitrogen and oxygen atoms in total. The number of aliphatic hydroxyl groups excluding tert-OH is 1. The first-order valence-electron chi connectivity index (χ1n) is 11.5. The zero-order chi connectivity index (χ0) is 24.4. The van der Waals surface area contributed by atoms with E-state index in [4.69, 9.17) is 0 Å². The van der Waals surface area contributed by atoms with Gasteiger partial charge in [-0.25, -0.2) is 0 Å². The summed E-state index contributed by atoms with van der Waals surface area (Å²) in [5.41, 5.74) is 4.76. The van der Waals surface area contributed by atoms with Crippen molar-refractivity contribution in [2.75, 3.05) is 16.9 Å². The molecule has 1 amide bonds. The van der Waals surface area contributed by atoms with Crippen LogP contribution in [0.3, 0.4) is 0 Å². The van der Waals surface area contributed by atoms with Crippen LogP contribution in [0.5, 0.6) is 0 Å². The summed E-state index contributed by atoms with van der Waals surface area (Å²) in [6, 6.07) is 25.1. The molecule has 0 bridgehead atoms. The highest BCUT2D eigenvalue weighted by Crippen LogP contribution is 2.28. The minimum atomic E-state index is -0.621. The number of aliphatic hydroxyl groups is 1. The first kappa shape index (κ1) is 23.0. The average Bonchev–Trinajstić information content (AvgIpc) is 3.36. The van der Waals surface area contributed by atoms with Crippen LogP contribution in [0.15, 0.2) is 101 Å². The zero-order valence-corrected chi connectivity index (χ0v) is 20.2. The molecule has 0 saturated heterocycles. The highest BCUT2D eigenvalue weighted by Gasteiger charge is 2.29. The fraction of sp³-hybridized carbons (Fsp3) is 0.143. The fourth-order valence-electron chi connectivity index (χ4n) is 4.27. The summed E-state index contributed by atoms with van der Waals surface area (Å²) in [6.07, 6.45) is 3.26. The highest BCUT2D eigenvalue weighted by molar-refractivity contribution is 7.80. The number of thiol groups is 1. The van der Waals surface area contributed by atoms with Crippen LogP contribution in [-0.2, 0) is 11.3 Å². The molecule has 5 rings (SSSR count). The van der Waals surface area contributed by atoms with Crippen LogP contribution < -0.4 is 10.3 Å². The van der Waals surface area contributed by atoms with E-state index in [2.05, 4.69) is 23.0 Å². The Hall–Kier alpha value is -3.81. The Bertz CT molecular complexity index is 1440. The molecule has 3 aromatic carbocycles. The first-order chi connectivity index (χ1) is 17.0. The Labute approximate surface area is 209 Å². The number of carbonyl (C=O) groups is 1. The second-order valence-corrected chi connectivity index (χ2v) is 8.98. The Morgan fingerprint density at radius 2 is 1.74 bits per heavy atom. The zero-order valence-electron chi connectivity index (χ0n) is 19.3. The molecule has 1 aromatic heterocycles. The van der Waals surface area contributed by atoms with E-state index in [1.165, 1.54) is 5.01 Å². The van der Waals surface area contributed by atoms with Gasteiger partial charge in [0.05, 0.1) is 29.6 Å². The number of anilines is 2. The van der Waals surface area contributed by atoms with E-state index in [1.807, 2.05) is 103 Å². The topological polar surface area (TPSA) is 69.9 Å². The summed E-state index contributed by atoms with van der Waals surface area (Å²) >= 11 is 4.45. The van der Waals surface area contributed by atoms with E-state index in [0.717, 1.165) is 32.7 Å². The van der Waals surface area contributed by atoms with Crippen molar-refractivity contribution in [1.29, 1.82) is 0 Å². The molecule has 176 valence electrons. The predicted molar refractivity (Wildman–Crippen MR) is 145 cm³/mol. The second kappa shape index (κ2) is 9.82. The SMILES string of the molecule is CC1=NN(c2ccccc2)C(=O)C1=Cc1cn(CC(O)CNc2ccccc2S)c2ccccc12. The molecule has 35 heavy (non-hydrogen) atoms. The van der Waals surface area contributed by atoms with Gasteiger partial charge in [-0.1, -0.05) is 48.5 Å². The molecule has 1 aliphatic rings. The number of nitrogens with one attached hydrogen (secondary N) is 1. The van der Waals surface area contributed by atoms with Crippen molar-refractivity contribution in [3.63, 3.8) is 0 Å². The maximum Gasteiger partial charge on any atom is 0.280 e. The third kappa shape index (κ3) is 4.73. The molecule has 0 aliphatic carbocycles. The van der Waals surface area contributed by atoms with Gasteiger partial charge in [0, 0.05) is 39.8 Å². The van der Waals surface area contributed by atoms with Gasteiger partial charge in [-0.3, -0.25) is 4.79 Å². The van der Waals surface area contributed by atoms with E-state index in [1.54, 1.807) is 0 Å². The van der Waals surface area contributed by atoms with Gasteiger partial charge in [0.25, 0.3) is 5.91 Å². The number of hydrogen-bond donors (Lipinski definition) is 3. The van der Waals surface area contributed by atoms with Crippen LogP contribution in [0, 0.1) is 0 Å². The van der Waals surface area contributed by atoms with Gasteiger partial charge >= 0.3 is 0 Å². The molecule has 1 unspecified atom stereocenters. The van der Waals surface area contributed by atoms with Crippen LogP contribution in [0.1, 0.15) is 12.5 Å². The minimum Gasteiger partial charge on any atom is -0.389 e. The van der Waals surface area contributed by atoms with Crippen molar-refractivity contribution in [3.05, 3.63) is 96.2 Å². The molecule has 0 spiro atoms. The lowest BCUT2D eigenvalue weighted by Gasteiger charge is -2.15. The van der Waals surface area contributed by atoms with Gasteiger partial charge in [0.15, 0.2) is 0 Å². The van der Waals surface area contributed by atoms with Gasteiger partial charge < -0.3 is 15.0 Å². The summed E-state index contributed by atoms with van der Waals surface area (Å²) in [7, 11) is 0. The maximum absolute atomic E-state index is 13.2. The van der Waals surface area contributed by atoms with Crippen LogP contribution in [0.2, 0.25) is 0 Å². The molecule has 0 fully saturated rings. The smallest absolute Gasteiger partial charge is 0.280 e. The van der Waals surface area contributed by atoms with Crippen molar-refractivity contribution in [1.82, 2.24) is 4.57 Å². The molecule has 0 radical (unpaired) electrons. The Morgan fingerprint density at radius 1 is 1.03 bits per heavy atom. The molecule has 1 atom stereocenters. The van der Waals surface area contributed by atoms with Crippen LogP contribution in [0.25, 0.3) is 17.0 Å². The number of hydrogen-bond acceptors (Lipinski definition) is 5. The van der Waals surface area contributed by atoms with Gasteiger partial charge in [-0.15, -0.1) is 12.6 Å². The van der Waals surface area contributed by atoms with Gasteiger partial charge in [0.2, 0.25) is 0 Å². The third-order valence-electron chi connectivity index (χ3n) is 6.02. The summed E-state index contributed by atoms with van der Waals surface area (Å²) in [5.74, 6) is -0.153. The Kier molecular flexibility index (Phi) is 6.44. The predicted octanol–water partition coefficient (Wildman–Crippen LogP) is 5.21. The number of para-hydroxylation sites is 3. The summed E-state index contributed by atoms with van der Waals surface area (Å²) in [5, 5.41) is 20.9. The maximum atomic E-state index is 13.2. The molecular weight excluding hydrogens is 456 g/mol. The van der Waals surface area contributed by atoms with E-state index in [-0.39, 0.29) is 5.91 Å². The quantitative estimate of drug-likeness (QED) is 0.250. The fourth-order valence-corrected chi connectivity index (χ4v) is 4.51. The summed E-state index contributed by atoms with van der Waals surface area (Å²) in [4.78, 5) is 14.0. The van der Waals surface area contributed by atoms with Gasteiger partial charge in [0.1, 0.15) is 0 Å². The van der Waals surface area contributed by atoms with Crippen molar-refractivity contribution in [2.45, 2.75) is 24.5 Å². The van der Waals surface area contributed by atoms with Crippen LogP contribution in [0.4, 0.5) is 11.4 Å². The summed E-state index contributed by atoms with van der Waals surface area (Å²) < 4.78 is 2.03. The van der Waals surface area contributed by atoms with Crippen molar-refractivity contribution in [2.24, 2.45) is 5.10 Å². The number of hydrazone groups is 1. The number of amides is 1. The first-order valence-corrected chi connectivity index (χ1v) is 11.9. The van der Waals surface area contributed by atoms with Crippen LogP contribution in [-0.4, -0.2) is 33.9 Å². The van der Waals surface area contributed by atoms with Crippen molar-refractivity contribution < 1.29 is 9.90 Å². The lowest BCUT2D eigenvalue weighted by Crippen LogP contribution is -2.24. The summed E-state index contributed by atoms with van der Waals surface area (Å²) in [6.45, 7) is 2.64. The molecule has 2 heterocycles. The number of benzene rings is 3. The lowest BCUT2D eigenvalue weighted by molar-refractivity contribution is -0.114. The molecule has 4 aromatic rings. The molecule has 2 N–H and O–H groups in total. The van der Waals surface area contributed by atoms with Crippen molar-refractivity contribution in [3.8, 4) is 0 Å². The molecular formula is C28H26N4O2S.